The lowest BCUT2D eigenvalue weighted by molar-refractivity contribution is 0.298. The van der Waals surface area contributed by atoms with E-state index >= 15 is 0 Å². The van der Waals surface area contributed by atoms with E-state index in [2.05, 4.69) is 24.3 Å². The molecule has 1 atom stereocenters. The summed E-state index contributed by atoms with van der Waals surface area (Å²) in [6.45, 7) is 0.124. The zero-order valence-electron chi connectivity index (χ0n) is 10.1. The minimum Gasteiger partial charge on any atom is -0.284 e. The van der Waals surface area contributed by atoms with E-state index in [0.29, 0.717) is 0 Å². The summed E-state index contributed by atoms with van der Waals surface area (Å²) in [5.74, 6) is 0. The number of benzene rings is 3. The van der Waals surface area contributed by atoms with E-state index in [4.69, 9.17) is 8.74 Å². The van der Waals surface area contributed by atoms with Crippen LogP contribution >= 0.6 is 0 Å². The summed E-state index contributed by atoms with van der Waals surface area (Å²) < 4.78 is 24.1. The molecule has 0 radical (unpaired) electrons. The Kier molecular flexibility index (Phi) is 3.29. The highest BCUT2D eigenvalue weighted by Gasteiger charge is 2.05. The molecule has 0 aromatic heterocycles. The Morgan fingerprint density at radius 1 is 0.895 bits per heavy atom. The van der Waals surface area contributed by atoms with Crippen LogP contribution in [-0.4, -0.2) is 8.76 Å². The smallest absolute Gasteiger partial charge is 0.284 e. The predicted molar refractivity (Wildman–Crippen MR) is 77.0 cm³/mol. The monoisotopic (exact) mass is 272 g/mol. The fourth-order valence-corrected chi connectivity index (χ4v) is 2.57. The third kappa shape index (κ3) is 2.38. The summed E-state index contributed by atoms with van der Waals surface area (Å²) in [5, 5.41) is 4.53. The van der Waals surface area contributed by atoms with Crippen molar-refractivity contribution in [2.75, 3.05) is 0 Å². The molecule has 0 saturated carbocycles. The molecule has 3 rings (SSSR count). The molecule has 0 bridgehead atoms. The molecule has 0 aliphatic heterocycles. The molecule has 1 unspecified atom stereocenters. The lowest BCUT2D eigenvalue weighted by atomic mass is 9.99. The minimum atomic E-state index is -2.24. The molecule has 3 aromatic carbocycles. The van der Waals surface area contributed by atoms with E-state index < -0.39 is 11.4 Å². The molecule has 19 heavy (non-hydrogen) atoms. The molecule has 0 heterocycles. The normalized spacial score (nSPS) is 12.9. The van der Waals surface area contributed by atoms with Gasteiger partial charge in [0.1, 0.15) is 0 Å². The first-order chi connectivity index (χ1) is 9.25. The lowest BCUT2D eigenvalue weighted by Gasteiger charge is -2.08. The zero-order valence-corrected chi connectivity index (χ0v) is 10.9. The zero-order chi connectivity index (χ0) is 13.2. The molecule has 4 heteroatoms. The molecule has 0 aliphatic carbocycles. The third-order valence-corrected chi connectivity index (χ3v) is 3.51. The first-order valence-corrected chi connectivity index (χ1v) is 6.92. The Labute approximate surface area is 113 Å². The van der Waals surface area contributed by atoms with Crippen molar-refractivity contribution >= 4 is 32.9 Å². The van der Waals surface area contributed by atoms with Crippen LogP contribution in [0.5, 0.6) is 0 Å². The van der Waals surface area contributed by atoms with Gasteiger partial charge in [0.25, 0.3) is 0 Å². The molecule has 1 N–H and O–H groups in total. The van der Waals surface area contributed by atoms with Crippen LogP contribution in [0, 0.1) is 0 Å². The van der Waals surface area contributed by atoms with E-state index in [9.17, 15) is 4.21 Å². The van der Waals surface area contributed by atoms with Gasteiger partial charge in [0.05, 0.1) is 6.61 Å². The maximum atomic E-state index is 10.6. The molecule has 0 saturated heterocycles. The van der Waals surface area contributed by atoms with Crippen LogP contribution in [0.1, 0.15) is 5.56 Å². The van der Waals surface area contributed by atoms with Gasteiger partial charge in [-0.05, 0) is 27.1 Å². The van der Waals surface area contributed by atoms with Crippen molar-refractivity contribution in [3.05, 3.63) is 60.2 Å². The van der Waals surface area contributed by atoms with E-state index in [-0.39, 0.29) is 6.61 Å². The molecular weight excluding hydrogens is 260 g/mol. The van der Waals surface area contributed by atoms with Crippen molar-refractivity contribution in [3.8, 4) is 0 Å². The maximum Gasteiger partial charge on any atom is 0.302 e. The highest BCUT2D eigenvalue weighted by atomic mass is 32.2. The highest BCUT2D eigenvalue weighted by molar-refractivity contribution is 7.74. The average molecular weight is 272 g/mol. The van der Waals surface area contributed by atoms with Crippen LogP contribution < -0.4 is 0 Å². The van der Waals surface area contributed by atoms with Crippen molar-refractivity contribution in [3.63, 3.8) is 0 Å². The number of hydrogen-bond acceptors (Lipinski definition) is 2. The molecule has 0 amide bonds. The Bertz CT molecular complexity index is 768. The standard InChI is InChI=1S/C15H12O3S/c16-19(17)18-10-12-5-3-7-15-13-6-2-1-4-11(13)8-9-14(12)15/h1-9H,10H2,(H,16,17). The molecule has 96 valence electrons. The van der Waals surface area contributed by atoms with Gasteiger partial charge in [-0.15, -0.1) is 0 Å². The van der Waals surface area contributed by atoms with Gasteiger partial charge in [0, 0.05) is 0 Å². The second-order valence-electron chi connectivity index (χ2n) is 4.28. The number of hydrogen-bond donors (Lipinski definition) is 1. The average Bonchev–Trinajstić information content (AvgIpc) is 2.44. The molecule has 0 spiro atoms. The quantitative estimate of drug-likeness (QED) is 0.585. The van der Waals surface area contributed by atoms with Crippen molar-refractivity contribution in [1.29, 1.82) is 0 Å². The van der Waals surface area contributed by atoms with Crippen LogP contribution in [0.2, 0.25) is 0 Å². The van der Waals surface area contributed by atoms with E-state index in [1.165, 1.54) is 10.8 Å². The van der Waals surface area contributed by atoms with Crippen LogP contribution in [-0.2, 0) is 22.2 Å². The van der Waals surface area contributed by atoms with Crippen LogP contribution in [0.25, 0.3) is 21.5 Å². The van der Waals surface area contributed by atoms with Gasteiger partial charge in [-0.1, -0.05) is 54.6 Å². The second kappa shape index (κ2) is 5.09. The lowest BCUT2D eigenvalue weighted by Crippen LogP contribution is -1.96. The van der Waals surface area contributed by atoms with E-state index in [0.717, 1.165) is 16.3 Å². The van der Waals surface area contributed by atoms with Gasteiger partial charge in [-0.3, -0.25) is 8.74 Å². The Hall–Kier alpha value is -1.75. The summed E-state index contributed by atoms with van der Waals surface area (Å²) in [4.78, 5) is 0. The van der Waals surface area contributed by atoms with Crippen LogP contribution in [0.3, 0.4) is 0 Å². The first kappa shape index (κ1) is 12.3. The Balaban J connectivity index is 2.20. The van der Waals surface area contributed by atoms with E-state index in [1.807, 2.05) is 30.3 Å². The van der Waals surface area contributed by atoms with E-state index in [1.54, 1.807) is 0 Å². The SMILES string of the molecule is O=S(O)OCc1cccc2c1ccc1ccccc12. The van der Waals surface area contributed by atoms with Crippen LogP contribution in [0.4, 0.5) is 0 Å². The summed E-state index contributed by atoms with van der Waals surface area (Å²) in [7, 11) is 0. The summed E-state index contributed by atoms with van der Waals surface area (Å²) in [5.41, 5.74) is 0.908. The minimum absolute atomic E-state index is 0.124. The number of fused-ring (bicyclic) bond motifs is 3. The van der Waals surface area contributed by atoms with Crippen molar-refractivity contribution in [2.45, 2.75) is 6.61 Å². The fraction of sp³-hybridized carbons (Fsp3) is 0.0667. The summed E-state index contributed by atoms with van der Waals surface area (Å²) >= 11 is -2.24. The van der Waals surface area contributed by atoms with Crippen LogP contribution in [0.15, 0.2) is 54.6 Å². The van der Waals surface area contributed by atoms with Crippen molar-refractivity contribution in [2.24, 2.45) is 0 Å². The third-order valence-electron chi connectivity index (χ3n) is 3.19. The van der Waals surface area contributed by atoms with Gasteiger partial charge >= 0.3 is 11.4 Å². The van der Waals surface area contributed by atoms with Crippen molar-refractivity contribution in [1.82, 2.24) is 0 Å². The largest absolute Gasteiger partial charge is 0.302 e. The van der Waals surface area contributed by atoms with Crippen molar-refractivity contribution < 1.29 is 12.9 Å². The molecule has 0 aliphatic rings. The van der Waals surface area contributed by atoms with Gasteiger partial charge in [-0.2, -0.15) is 4.21 Å². The number of rotatable bonds is 3. The molecular formula is C15H12O3S. The summed E-state index contributed by atoms with van der Waals surface area (Å²) in [6.07, 6.45) is 0. The highest BCUT2D eigenvalue weighted by Crippen LogP contribution is 2.27. The second-order valence-corrected chi connectivity index (χ2v) is 4.95. The molecule has 0 fully saturated rings. The fourth-order valence-electron chi connectivity index (χ4n) is 2.35. The topological polar surface area (TPSA) is 46.5 Å². The predicted octanol–water partition coefficient (Wildman–Crippen LogP) is 3.65. The molecule has 3 aromatic rings. The Morgan fingerprint density at radius 3 is 2.53 bits per heavy atom. The molecule has 3 nitrogen and oxygen atoms in total. The van der Waals surface area contributed by atoms with Gasteiger partial charge < -0.3 is 0 Å². The Morgan fingerprint density at radius 2 is 1.68 bits per heavy atom. The van der Waals surface area contributed by atoms with Gasteiger partial charge in [0.2, 0.25) is 0 Å². The summed E-state index contributed by atoms with van der Waals surface area (Å²) in [6, 6.07) is 18.1. The van der Waals surface area contributed by atoms with Gasteiger partial charge in [0.15, 0.2) is 0 Å². The first-order valence-electron chi connectivity index (χ1n) is 5.89. The maximum absolute atomic E-state index is 10.6. The van der Waals surface area contributed by atoms with Gasteiger partial charge in [-0.25, -0.2) is 0 Å².